The fourth-order valence-electron chi connectivity index (χ4n) is 3.14. The first kappa shape index (κ1) is 20.5. The summed E-state index contributed by atoms with van der Waals surface area (Å²) in [6, 6.07) is 5.79. The van der Waals surface area contributed by atoms with Crippen LogP contribution in [0.15, 0.2) is 18.2 Å². The van der Waals surface area contributed by atoms with E-state index in [4.69, 9.17) is 9.47 Å². The summed E-state index contributed by atoms with van der Waals surface area (Å²) in [6.07, 6.45) is 4.24. The van der Waals surface area contributed by atoms with Gasteiger partial charge in [0.1, 0.15) is 0 Å². The molecule has 8 heteroatoms. The predicted molar refractivity (Wildman–Crippen MR) is 100 cm³/mol. The molecule has 1 aromatic rings. The minimum atomic E-state index is -3.23. The molecular formula is C18H28N2O5S. The molecule has 0 aliphatic carbocycles. The quantitative estimate of drug-likeness (QED) is 0.685. The van der Waals surface area contributed by atoms with Gasteiger partial charge in [0.15, 0.2) is 11.5 Å². The second-order valence-corrected chi connectivity index (χ2v) is 8.53. The third kappa shape index (κ3) is 5.60. The van der Waals surface area contributed by atoms with Crippen molar-refractivity contribution in [2.75, 3.05) is 40.1 Å². The predicted octanol–water partition coefficient (Wildman–Crippen LogP) is 1.42. The van der Waals surface area contributed by atoms with Gasteiger partial charge >= 0.3 is 0 Å². The van der Waals surface area contributed by atoms with Crippen LogP contribution < -0.4 is 14.8 Å². The first-order valence-electron chi connectivity index (χ1n) is 8.79. The molecule has 26 heavy (non-hydrogen) atoms. The van der Waals surface area contributed by atoms with Gasteiger partial charge in [0.25, 0.3) is 0 Å². The van der Waals surface area contributed by atoms with Crippen LogP contribution in [-0.4, -0.2) is 58.7 Å². The molecule has 1 aromatic carbocycles. The zero-order chi connectivity index (χ0) is 19.2. The number of hydrogen-bond acceptors (Lipinski definition) is 5. The highest BCUT2D eigenvalue weighted by Crippen LogP contribution is 2.27. The largest absolute Gasteiger partial charge is 0.493 e. The van der Waals surface area contributed by atoms with Crippen LogP contribution in [0, 0.1) is 5.92 Å². The Labute approximate surface area is 155 Å². The average molecular weight is 384 g/mol. The molecular weight excluding hydrogens is 356 g/mol. The molecule has 0 spiro atoms. The molecule has 1 aliphatic rings. The Hall–Kier alpha value is -1.80. The van der Waals surface area contributed by atoms with Crippen LogP contribution in [0.5, 0.6) is 11.5 Å². The first-order chi connectivity index (χ1) is 12.3. The maximum atomic E-state index is 12.3. The Morgan fingerprint density at radius 3 is 2.65 bits per heavy atom. The topological polar surface area (TPSA) is 84.9 Å². The van der Waals surface area contributed by atoms with Crippen LogP contribution in [0.1, 0.15) is 24.8 Å². The summed E-state index contributed by atoms with van der Waals surface area (Å²) in [6.45, 7) is 1.34. The zero-order valence-corrected chi connectivity index (χ0v) is 16.5. The molecule has 1 fully saturated rings. The molecule has 7 nitrogen and oxygen atoms in total. The zero-order valence-electron chi connectivity index (χ0n) is 15.7. The lowest BCUT2D eigenvalue weighted by molar-refractivity contribution is -0.126. The summed E-state index contributed by atoms with van der Waals surface area (Å²) in [5, 5.41) is 2.93. The van der Waals surface area contributed by atoms with Crippen molar-refractivity contribution >= 4 is 15.9 Å². The summed E-state index contributed by atoms with van der Waals surface area (Å²) < 4.78 is 35.2. The van der Waals surface area contributed by atoms with Crippen LogP contribution >= 0.6 is 0 Å². The summed E-state index contributed by atoms with van der Waals surface area (Å²) in [7, 11) is -0.0313. The number of amides is 1. The number of methoxy groups -OCH3 is 2. The van der Waals surface area contributed by atoms with Gasteiger partial charge in [0.2, 0.25) is 15.9 Å². The number of carbonyl (C=O) groups excluding carboxylic acids is 1. The van der Waals surface area contributed by atoms with Crippen LogP contribution in [0.4, 0.5) is 0 Å². The highest BCUT2D eigenvalue weighted by atomic mass is 32.2. The van der Waals surface area contributed by atoms with E-state index < -0.39 is 10.0 Å². The van der Waals surface area contributed by atoms with Crippen LogP contribution in [0.3, 0.4) is 0 Å². The number of carbonyl (C=O) groups is 1. The molecule has 146 valence electrons. The van der Waals surface area contributed by atoms with E-state index in [-0.39, 0.29) is 18.4 Å². The minimum Gasteiger partial charge on any atom is -0.493 e. The van der Waals surface area contributed by atoms with Gasteiger partial charge in [-0.05, 0) is 43.4 Å². The Balaban J connectivity index is 1.78. The van der Waals surface area contributed by atoms with Crippen molar-refractivity contribution in [3.63, 3.8) is 0 Å². The summed E-state index contributed by atoms with van der Waals surface area (Å²) in [4.78, 5) is 12.3. The van der Waals surface area contributed by atoms with E-state index in [2.05, 4.69) is 5.32 Å². The Morgan fingerprint density at radius 2 is 2.00 bits per heavy atom. The van der Waals surface area contributed by atoms with Crippen LogP contribution in [0.2, 0.25) is 0 Å². The molecule has 1 aliphatic heterocycles. The average Bonchev–Trinajstić information content (AvgIpc) is 2.64. The molecule has 0 aromatic heterocycles. The van der Waals surface area contributed by atoms with Gasteiger partial charge < -0.3 is 14.8 Å². The number of benzene rings is 1. The third-order valence-electron chi connectivity index (χ3n) is 4.61. The summed E-state index contributed by atoms with van der Waals surface area (Å²) >= 11 is 0. The Bertz CT molecular complexity index is 720. The van der Waals surface area contributed by atoms with E-state index in [9.17, 15) is 13.2 Å². The van der Waals surface area contributed by atoms with Gasteiger partial charge in [-0.3, -0.25) is 4.79 Å². The lowest BCUT2D eigenvalue weighted by Crippen LogP contribution is -2.45. The van der Waals surface area contributed by atoms with Gasteiger partial charge in [-0.15, -0.1) is 0 Å². The normalized spacial score (nSPS) is 18.3. The number of piperidine rings is 1. The van der Waals surface area contributed by atoms with E-state index in [1.807, 2.05) is 18.2 Å². The smallest absolute Gasteiger partial charge is 0.224 e. The fourth-order valence-corrected chi connectivity index (χ4v) is 4.05. The molecule has 0 unspecified atom stereocenters. The molecule has 1 saturated heterocycles. The monoisotopic (exact) mass is 384 g/mol. The number of ether oxygens (including phenoxy) is 2. The van der Waals surface area contributed by atoms with Crippen molar-refractivity contribution in [3.8, 4) is 11.5 Å². The molecule has 0 saturated carbocycles. The van der Waals surface area contributed by atoms with Gasteiger partial charge in [0, 0.05) is 19.6 Å². The molecule has 1 heterocycles. The van der Waals surface area contributed by atoms with Crippen molar-refractivity contribution in [3.05, 3.63) is 23.8 Å². The second kappa shape index (κ2) is 9.23. The van der Waals surface area contributed by atoms with E-state index in [1.165, 1.54) is 10.6 Å². The van der Waals surface area contributed by atoms with E-state index in [1.54, 1.807) is 14.2 Å². The van der Waals surface area contributed by atoms with Crippen molar-refractivity contribution in [2.45, 2.75) is 25.7 Å². The number of hydrogen-bond donors (Lipinski definition) is 1. The highest BCUT2D eigenvalue weighted by molar-refractivity contribution is 7.88. The van der Waals surface area contributed by atoms with Crippen LogP contribution in [0.25, 0.3) is 0 Å². The maximum absolute atomic E-state index is 12.3. The SMILES string of the molecule is COc1ccc(CCCNC(=O)[C@@H]2CCCN(S(C)(=O)=O)C2)cc1OC. The number of aryl methyl sites for hydroxylation is 1. The lowest BCUT2D eigenvalue weighted by atomic mass is 9.99. The van der Waals surface area contributed by atoms with Crippen molar-refractivity contribution in [1.82, 2.24) is 9.62 Å². The van der Waals surface area contributed by atoms with Gasteiger partial charge in [-0.25, -0.2) is 12.7 Å². The van der Waals surface area contributed by atoms with Gasteiger partial charge in [-0.1, -0.05) is 6.07 Å². The Morgan fingerprint density at radius 1 is 1.27 bits per heavy atom. The first-order valence-corrected chi connectivity index (χ1v) is 10.6. The highest BCUT2D eigenvalue weighted by Gasteiger charge is 2.29. The number of nitrogens with one attached hydrogen (secondary N) is 1. The summed E-state index contributed by atoms with van der Waals surface area (Å²) in [5.74, 6) is 1.06. The van der Waals surface area contributed by atoms with Crippen molar-refractivity contribution in [1.29, 1.82) is 0 Å². The number of rotatable bonds is 8. The molecule has 1 amide bonds. The van der Waals surface area contributed by atoms with Crippen LogP contribution in [-0.2, 0) is 21.2 Å². The standard InChI is InChI=1S/C18H28N2O5S/c1-24-16-9-8-14(12-17(16)25-2)6-4-10-19-18(21)15-7-5-11-20(13-15)26(3,22)23/h8-9,12,15H,4-7,10-11,13H2,1-3H3,(H,19,21)/t15-/m1/s1. The fraction of sp³-hybridized carbons (Fsp3) is 0.611. The van der Waals surface area contributed by atoms with Gasteiger partial charge in [-0.2, -0.15) is 0 Å². The van der Waals surface area contributed by atoms with E-state index >= 15 is 0 Å². The third-order valence-corrected chi connectivity index (χ3v) is 5.88. The van der Waals surface area contributed by atoms with Gasteiger partial charge in [0.05, 0.1) is 26.4 Å². The molecule has 1 atom stereocenters. The Kier molecular flexibility index (Phi) is 7.28. The number of sulfonamides is 1. The number of nitrogens with zero attached hydrogens (tertiary/aromatic N) is 1. The second-order valence-electron chi connectivity index (χ2n) is 6.54. The van der Waals surface area contributed by atoms with E-state index in [0.717, 1.165) is 31.2 Å². The maximum Gasteiger partial charge on any atom is 0.224 e. The van der Waals surface area contributed by atoms with Crippen molar-refractivity contribution in [2.24, 2.45) is 5.92 Å². The molecule has 2 rings (SSSR count). The summed E-state index contributed by atoms with van der Waals surface area (Å²) in [5.41, 5.74) is 1.11. The van der Waals surface area contributed by atoms with Crippen molar-refractivity contribution < 1.29 is 22.7 Å². The minimum absolute atomic E-state index is 0.0642. The molecule has 0 bridgehead atoms. The van der Waals surface area contributed by atoms with E-state index in [0.29, 0.717) is 24.6 Å². The lowest BCUT2D eigenvalue weighted by Gasteiger charge is -2.30. The molecule has 0 radical (unpaired) electrons. The molecule has 1 N–H and O–H groups in total.